The summed E-state index contributed by atoms with van der Waals surface area (Å²) in [5, 5.41) is 12.6. The minimum Gasteiger partial charge on any atom is -0.383 e. The molecular weight excluding hydrogens is 229 g/mol. The highest BCUT2D eigenvalue weighted by Gasteiger charge is 2.13. The average Bonchev–Trinajstić information content (AvgIpc) is 2.39. The van der Waals surface area contributed by atoms with Gasteiger partial charge in [0.05, 0.1) is 22.2 Å². The molecule has 0 unspecified atom stereocenters. The number of benzene rings is 1. The van der Waals surface area contributed by atoms with E-state index in [9.17, 15) is 4.39 Å². The van der Waals surface area contributed by atoms with E-state index in [4.69, 9.17) is 5.26 Å². The lowest BCUT2D eigenvalue weighted by Gasteiger charge is -2.12. The Bertz CT molecular complexity index is 629. The molecule has 0 saturated carbocycles. The maximum absolute atomic E-state index is 14.0. The minimum atomic E-state index is -0.348. The van der Waals surface area contributed by atoms with E-state index in [0.29, 0.717) is 28.7 Å². The lowest BCUT2D eigenvalue weighted by atomic mass is 10.1. The predicted octanol–water partition coefficient (Wildman–Crippen LogP) is 3.38. The highest BCUT2D eigenvalue weighted by Crippen LogP contribution is 2.29. The van der Waals surface area contributed by atoms with Crippen molar-refractivity contribution < 1.29 is 4.39 Å². The first kappa shape index (κ1) is 12.3. The molecule has 2 rings (SSSR count). The van der Waals surface area contributed by atoms with Crippen LogP contribution in [0.15, 0.2) is 18.3 Å². The monoisotopic (exact) mass is 243 g/mol. The molecule has 4 heteroatoms. The van der Waals surface area contributed by atoms with Crippen LogP contribution in [-0.4, -0.2) is 11.5 Å². The molecule has 0 bridgehead atoms. The summed E-state index contributed by atoms with van der Waals surface area (Å²) in [5.41, 5.74) is 2.43. The molecule has 18 heavy (non-hydrogen) atoms. The molecular formula is C14H14FN3. The predicted molar refractivity (Wildman–Crippen MR) is 69.9 cm³/mol. The van der Waals surface area contributed by atoms with Crippen LogP contribution in [0.4, 0.5) is 10.1 Å². The van der Waals surface area contributed by atoms with Crippen molar-refractivity contribution in [3.05, 3.63) is 35.3 Å². The molecule has 0 amide bonds. The molecule has 0 atom stereocenters. The van der Waals surface area contributed by atoms with Crippen LogP contribution in [0, 0.1) is 24.1 Å². The summed E-state index contributed by atoms with van der Waals surface area (Å²) in [7, 11) is 0. The first-order valence-corrected chi connectivity index (χ1v) is 5.90. The van der Waals surface area contributed by atoms with Gasteiger partial charge in [-0.05, 0) is 25.0 Å². The number of halogens is 1. The number of nitriles is 1. The summed E-state index contributed by atoms with van der Waals surface area (Å²) < 4.78 is 14.0. The molecule has 0 aliphatic rings. The number of aryl methyl sites for hydroxylation is 1. The number of hydrogen-bond donors (Lipinski definition) is 1. The molecule has 0 aliphatic carbocycles. The van der Waals surface area contributed by atoms with E-state index in [1.807, 2.05) is 13.8 Å². The van der Waals surface area contributed by atoms with Crippen LogP contribution < -0.4 is 5.32 Å². The molecule has 1 aromatic carbocycles. The fourth-order valence-corrected chi connectivity index (χ4v) is 1.92. The highest BCUT2D eigenvalue weighted by molar-refractivity contribution is 5.96. The lowest BCUT2D eigenvalue weighted by molar-refractivity contribution is 0.639. The van der Waals surface area contributed by atoms with E-state index in [0.717, 1.165) is 12.0 Å². The summed E-state index contributed by atoms with van der Waals surface area (Å²) in [5.74, 6) is -0.348. The Hall–Kier alpha value is -2.15. The first-order valence-electron chi connectivity index (χ1n) is 5.90. The third-order valence-corrected chi connectivity index (χ3v) is 2.84. The Kier molecular flexibility index (Phi) is 3.42. The molecule has 1 aromatic heterocycles. The van der Waals surface area contributed by atoms with Crippen molar-refractivity contribution in [2.24, 2.45) is 0 Å². The van der Waals surface area contributed by atoms with Crippen molar-refractivity contribution in [3.8, 4) is 6.07 Å². The summed E-state index contributed by atoms with van der Waals surface area (Å²) in [6, 6.07) is 5.16. The maximum Gasteiger partial charge on any atom is 0.134 e. The topological polar surface area (TPSA) is 48.7 Å². The van der Waals surface area contributed by atoms with Crippen molar-refractivity contribution in [3.63, 3.8) is 0 Å². The van der Waals surface area contributed by atoms with E-state index >= 15 is 0 Å². The maximum atomic E-state index is 14.0. The van der Waals surface area contributed by atoms with Crippen LogP contribution in [0.1, 0.15) is 24.5 Å². The number of rotatable bonds is 3. The molecule has 92 valence electrons. The molecule has 0 aliphatic heterocycles. The van der Waals surface area contributed by atoms with E-state index in [1.54, 1.807) is 6.07 Å². The van der Waals surface area contributed by atoms with Crippen molar-refractivity contribution in [2.75, 3.05) is 11.9 Å². The van der Waals surface area contributed by atoms with E-state index < -0.39 is 0 Å². The zero-order valence-corrected chi connectivity index (χ0v) is 10.4. The van der Waals surface area contributed by atoms with Gasteiger partial charge in [-0.15, -0.1) is 0 Å². The molecule has 0 radical (unpaired) electrons. The van der Waals surface area contributed by atoms with Gasteiger partial charge < -0.3 is 5.32 Å². The second kappa shape index (κ2) is 5.01. The minimum absolute atomic E-state index is 0.348. The summed E-state index contributed by atoms with van der Waals surface area (Å²) in [4.78, 5) is 4.18. The van der Waals surface area contributed by atoms with Gasteiger partial charge in [0.15, 0.2) is 0 Å². The zero-order chi connectivity index (χ0) is 13.1. The van der Waals surface area contributed by atoms with E-state index in [1.165, 1.54) is 12.3 Å². The van der Waals surface area contributed by atoms with Crippen LogP contribution in [0.25, 0.3) is 10.9 Å². The third kappa shape index (κ3) is 2.00. The second-order valence-electron chi connectivity index (χ2n) is 4.17. The van der Waals surface area contributed by atoms with Gasteiger partial charge in [-0.25, -0.2) is 4.39 Å². The highest BCUT2D eigenvalue weighted by atomic mass is 19.1. The van der Waals surface area contributed by atoms with E-state index in [-0.39, 0.29) is 5.82 Å². The quantitative estimate of drug-likeness (QED) is 0.899. The molecule has 0 saturated heterocycles. The van der Waals surface area contributed by atoms with Gasteiger partial charge in [0.2, 0.25) is 0 Å². The number of anilines is 1. The average molecular weight is 243 g/mol. The van der Waals surface area contributed by atoms with Gasteiger partial charge in [0.25, 0.3) is 0 Å². The van der Waals surface area contributed by atoms with Crippen molar-refractivity contribution in [1.29, 1.82) is 5.26 Å². The standard InChI is InChI=1S/C14H14FN3/c1-3-6-17-14-10(7-16)8-18-13-9(2)4-5-11(15)12(13)14/h4-5,8H,3,6H2,1-2H3,(H,17,18). The second-order valence-corrected chi connectivity index (χ2v) is 4.17. The van der Waals surface area contributed by atoms with Gasteiger partial charge in [-0.3, -0.25) is 4.98 Å². The first-order chi connectivity index (χ1) is 8.69. The molecule has 2 aromatic rings. The summed E-state index contributed by atoms with van der Waals surface area (Å²) in [6.07, 6.45) is 2.40. The SMILES string of the molecule is CCCNc1c(C#N)cnc2c(C)ccc(F)c12. The Morgan fingerprint density at radius 2 is 2.22 bits per heavy atom. The molecule has 0 spiro atoms. The lowest BCUT2D eigenvalue weighted by Crippen LogP contribution is -2.04. The smallest absolute Gasteiger partial charge is 0.134 e. The Balaban J connectivity index is 2.76. The molecule has 3 nitrogen and oxygen atoms in total. The van der Waals surface area contributed by atoms with Crippen LogP contribution in [0.5, 0.6) is 0 Å². The van der Waals surface area contributed by atoms with Gasteiger partial charge in [0, 0.05) is 12.7 Å². The van der Waals surface area contributed by atoms with Gasteiger partial charge in [-0.2, -0.15) is 5.26 Å². The summed E-state index contributed by atoms with van der Waals surface area (Å²) >= 11 is 0. The van der Waals surface area contributed by atoms with Gasteiger partial charge in [-0.1, -0.05) is 13.0 Å². The molecule has 1 heterocycles. The largest absolute Gasteiger partial charge is 0.383 e. The Labute approximate surface area is 105 Å². The number of pyridine rings is 1. The van der Waals surface area contributed by atoms with E-state index in [2.05, 4.69) is 16.4 Å². The fourth-order valence-electron chi connectivity index (χ4n) is 1.92. The van der Waals surface area contributed by atoms with Crippen LogP contribution in [0.3, 0.4) is 0 Å². The zero-order valence-electron chi connectivity index (χ0n) is 10.4. The van der Waals surface area contributed by atoms with Crippen molar-refractivity contribution in [2.45, 2.75) is 20.3 Å². The number of fused-ring (bicyclic) bond motifs is 1. The van der Waals surface area contributed by atoms with Gasteiger partial charge >= 0.3 is 0 Å². The number of hydrogen-bond acceptors (Lipinski definition) is 3. The summed E-state index contributed by atoms with van der Waals surface area (Å²) in [6.45, 7) is 4.59. The van der Waals surface area contributed by atoms with Crippen molar-refractivity contribution in [1.82, 2.24) is 4.98 Å². The Morgan fingerprint density at radius 3 is 2.89 bits per heavy atom. The number of nitrogens with one attached hydrogen (secondary N) is 1. The van der Waals surface area contributed by atoms with Crippen LogP contribution in [-0.2, 0) is 0 Å². The van der Waals surface area contributed by atoms with Crippen LogP contribution in [0.2, 0.25) is 0 Å². The Morgan fingerprint density at radius 1 is 1.44 bits per heavy atom. The van der Waals surface area contributed by atoms with Gasteiger partial charge in [0.1, 0.15) is 11.9 Å². The fraction of sp³-hybridized carbons (Fsp3) is 0.286. The van der Waals surface area contributed by atoms with Crippen LogP contribution >= 0.6 is 0 Å². The number of aromatic nitrogens is 1. The van der Waals surface area contributed by atoms with Crippen molar-refractivity contribution >= 4 is 16.6 Å². The third-order valence-electron chi connectivity index (χ3n) is 2.84. The normalized spacial score (nSPS) is 10.3. The number of nitrogens with zero attached hydrogens (tertiary/aromatic N) is 2. The molecule has 0 fully saturated rings. The molecule has 1 N–H and O–H groups in total.